The number of ether oxygens (including phenoxy) is 1. The number of unbranched alkanes of at least 4 members (excludes halogenated alkanes) is 2. The fourth-order valence-corrected chi connectivity index (χ4v) is 2.15. The van der Waals surface area contributed by atoms with Gasteiger partial charge < -0.3 is 10.1 Å². The topological polar surface area (TPSA) is 21.3 Å². The van der Waals surface area contributed by atoms with E-state index < -0.39 is 0 Å². The second-order valence-electron chi connectivity index (χ2n) is 6.22. The number of aryl methyl sites for hydroxylation is 1. The Labute approximate surface area is 124 Å². The third-order valence-electron chi connectivity index (χ3n) is 3.17. The fraction of sp³-hybridized carbons (Fsp3) is 0.667. The molecule has 1 aromatic carbocycles. The molecule has 0 atom stereocenters. The molecular weight excluding hydrogens is 246 g/mol. The Morgan fingerprint density at radius 3 is 2.25 bits per heavy atom. The van der Waals surface area contributed by atoms with Gasteiger partial charge in [-0.05, 0) is 69.8 Å². The van der Waals surface area contributed by atoms with Crippen LogP contribution in [0, 0.1) is 5.92 Å². The highest BCUT2D eigenvalue weighted by Gasteiger charge is 1.99. The Morgan fingerprint density at radius 2 is 1.65 bits per heavy atom. The molecule has 0 aliphatic heterocycles. The van der Waals surface area contributed by atoms with E-state index in [2.05, 4.69) is 57.3 Å². The monoisotopic (exact) mass is 277 g/mol. The Bertz CT molecular complexity index is 343. The van der Waals surface area contributed by atoms with Gasteiger partial charge in [-0.1, -0.05) is 32.4 Å². The maximum absolute atomic E-state index is 5.65. The number of hydrogen-bond acceptors (Lipinski definition) is 2. The van der Waals surface area contributed by atoms with Gasteiger partial charge in [0.1, 0.15) is 5.75 Å². The lowest BCUT2D eigenvalue weighted by Gasteiger charge is -2.10. The number of benzene rings is 1. The molecule has 2 nitrogen and oxygen atoms in total. The molecule has 0 aromatic heterocycles. The Hall–Kier alpha value is -1.02. The van der Waals surface area contributed by atoms with Crippen molar-refractivity contribution in [2.45, 2.75) is 59.5 Å². The lowest BCUT2D eigenvalue weighted by molar-refractivity contribution is 0.242. The summed E-state index contributed by atoms with van der Waals surface area (Å²) in [5.74, 6) is 1.73. The molecule has 0 amide bonds. The van der Waals surface area contributed by atoms with Gasteiger partial charge in [0.2, 0.25) is 0 Å². The van der Waals surface area contributed by atoms with Crippen LogP contribution in [-0.2, 0) is 6.42 Å². The SMILES string of the molecule is CC(C)CNCCCCCc1ccc(OC(C)C)cc1. The zero-order chi connectivity index (χ0) is 14.8. The van der Waals surface area contributed by atoms with Crippen molar-refractivity contribution in [2.75, 3.05) is 13.1 Å². The van der Waals surface area contributed by atoms with Gasteiger partial charge in [0.15, 0.2) is 0 Å². The molecule has 0 spiro atoms. The van der Waals surface area contributed by atoms with Crippen LogP contribution >= 0.6 is 0 Å². The van der Waals surface area contributed by atoms with E-state index in [-0.39, 0.29) is 6.10 Å². The van der Waals surface area contributed by atoms with E-state index in [0.717, 1.165) is 24.8 Å². The lowest BCUT2D eigenvalue weighted by atomic mass is 10.1. The molecular formula is C18H31NO. The summed E-state index contributed by atoms with van der Waals surface area (Å²) in [6, 6.07) is 8.54. The molecule has 1 rings (SSSR count). The number of rotatable bonds is 10. The Morgan fingerprint density at radius 1 is 0.950 bits per heavy atom. The highest BCUT2D eigenvalue weighted by Crippen LogP contribution is 2.15. The van der Waals surface area contributed by atoms with Gasteiger partial charge in [0.05, 0.1) is 6.10 Å². The molecule has 0 heterocycles. The molecule has 114 valence electrons. The third kappa shape index (κ3) is 8.21. The van der Waals surface area contributed by atoms with Crippen molar-refractivity contribution in [3.63, 3.8) is 0 Å². The smallest absolute Gasteiger partial charge is 0.119 e. The molecule has 0 aliphatic carbocycles. The largest absolute Gasteiger partial charge is 0.491 e. The van der Waals surface area contributed by atoms with Crippen LogP contribution < -0.4 is 10.1 Å². The molecule has 0 aliphatic rings. The van der Waals surface area contributed by atoms with Crippen molar-refractivity contribution in [3.8, 4) is 5.75 Å². The fourth-order valence-electron chi connectivity index (χ4n) is 2.15. The molecule has 0 fully saturated rings. The van der Waals surface area contributed by atoms with Gasteiger partial charge >= 0.3 is 0 Å². The summed E-state index contributed by atoms with van der Waals surface area (Å²) in [5.41, 5.74) is 1.41. The van der Waals surface area contributed by atoms with E-state index in [4.69, 9.17) is 4.74 Å². The summed E-state index contributed by atoms with van der Waals surface area (Å²) < 4.78 is 5.65. The molecule has 0 unspecified atom stereocenters. The summed E-state index contributed by atoms with van der Waals surface area (Å²) in [7, 11) is 0. The van der Waals surface area contributed by atoms with Crippen LogP contribution in [0.1, 0.15) is 52.5 Å². The average Bonchev–Trinajstić information content (AvgIpc) is 2.38. The van der Waals surface area contributed by atoms with Crippen molar-refractivity contribution >= 4 is 0 Å². The van der Waals surface area contributed by atoms with Crippen LogP contribution in [0.15, 0.2) is 24.3 Å². The summed E-state index contributed by atoms with van der Waals surface area (Å²) in [4.78, 5) is 0. The molecule has 20 heavy (non-hydrogen) atoms. The van der Waals surface area contributed by atoms with Gasteiger partial charge in [-0.3, -0.25) is 0 Å². The molecule has 0 saturated carbocycles. The zero-order valence-electron chi connectivity index (χ0n) is 13.6. The van der Waals surface area contributed by atoms with Gasteiger partial charge in [-0.15, -0.1) is 0 Å². The molecule has 1 aromatic rings. The van der Waals surface area contributed by atoms with Gasteiger partial charge in [0.25, 0.3) is 0 Å². The molecule has 0 bridgehead atoms. The minimum absolute atomic E-state index is 0.249. The van der Waals surface area contributed by atoms with E-state index in [1.54, 1.807) is 0 Å². The Balaban J connectivity index is 2.10. The first-order valence-corrected chi connectivity index (χ1v) is 8.04. The van der Waals surface area contributed by atoms with Crippen LogP contribution in [0.2, 0.25) is 0 Å². The minimum atomic E-state index is 0.249. The van der Waals surface area contributed by atoms with Crippen molar-refractivity contribution in [3.05, 3.63) is 29.8 Å². The highest BCUT2D eigenvalue weighted by molar-refractivity contribution is 5.27. The van der Waals surface area contributed by atoms with Crippen LogP contribution in [0.5, 0.6) is 5.75 Å². The summed E-state index contributed by atoms with van der Waals surface area (Å²) >= 11 is 0. The molecule has 0 saturated heterocycles. The summed E-state index contributed by atoms with van der Waals surface area (Å²) in [5, 5.41) is 3.49. The van der Waals surface area contributed by atoms with Gasteiger partial charge in [-0.25, -0.2) is 0 Å². The van der Waals surface area contributed by atoms with Crippen molar-refractivity contribution < 1.29 is 4.74 Å². The van der Waals surface area contributed by atoms with E-state index in [0.29, 0.717) is 0 Å². The maximum atomic E-state index is 5.65. The van der Waals surface area contributed by atoms with Crippen molar-refractivity contribution in [1.29, 1.82) is 0 Å². The second-order valence-corrected chi connectivity index (χ2v) is 6.22. The summed E-state index contributed by atoms with van der Waals surface area (Å²) in [6.45, 7) is 10.9. The normalized spacial score (nSPS) is 11.3. The van der Waals surface area contributed by atoms with Gasteiger partial charge in [-0.2, -0.15) is 0 Å². The number of nitrogens with one attached hydrogen (secondary N) is 1. The first-order chi connectivity index (χ1) is 9.58. The van der Waals surface area contributed by atoms with Crippen LogP contribution in [0.4, 0.5) is 0 Å². The minimum Gasteiger partial charge on any atom is -0.491 e. The third-order valence-corrected chi connectivity index (χ3v) is 3.17. The van der Waals surface area contributed by atoms with Crippen LogP contribution in [0.3, 0.4) is 0 Å². The predicted molar refractivity (Wildman–Crippen MR) is 87.5 cm³/mol. The molecule has 2 heteroatoms. The van der Waals surface area contributed by atoms with E-state index in [1.165, 1.54) is 31.2 Å². The molecule has 0 radical (unpaired) electrons. The number of hydrogen-bond donors (Lipinski definition) is 1. The predicted octanol–water partition coefficient (Wildman–Crippen LogP) is 4.43. The lowest BCUT2D eigenvalue weighted by Crippen LogP contribution is -2.20. The second kappa shape index (κ2) is 9.82. The Kier molecular flexibility index (Phi) is 8.36. The van der Waals surface area contributed by atoms with Crippen molar-refractivity contribution in [1.82, 2.24) is 5.32 Å². The highest BCUT2D eigenvalue weighted by atomic mass is 16.5. The van der Waals surface area contributed by atoms with Crippen molar-refractivity contribution in [2.24, 2.45) is 5.92 Å². The van der Waals surface area contributed by atoms with Crippen LogP contribution in [-0.4, -0.2) is 19.2 Å². The van der Waals surface area contributed by atoms with Crippen LogP contribution in [0.25, 0.3) is 0 Å². The van der Waals surface area contributed by atoms with E-state index >= 15 is 0 Å². The first-order valence-electron chi connectivity index (χ1n) is 8.04. The molecule has 1 N–H and O–H groups in total. The summed E-state index contributed by atoms with van der Waals surface area (Å²) in [6.07, 6.45) is 5.27. The standard InChI is InChI=1S/C18H31NO/c1-15(2)14-19-13-7-5-6-8-17-9-11-18(12-10-17)20-16(3)4/h9-12,15-16,19H,5-8,13-14H2,1-4H3. The first kappa shape index (κ1) is 17.0. The maximum Gasteiger partial charge on any atom is 0.119 e. The quantitative estimate of drug-likeness (QED) is 0.639. The van der Waals surface area contributed by atoms with Gasteiger partial charge in [0, 0.05) is 0 Å². The van der Waals surface area contributed by atoms with E-state index in [9.17, 15) is 0 Å². The van der Waals surface area contributed by atoms with E-state index in [1.807, 2.05) is 0 Å². The average molecular weight is 277 g/mol. The zero-order valence-corrected chi connectivity index (χ0v) is 13.6.